The zero-order valence-corrected chi connectivity index (χ0v) is 10.0. The third kappa shape index (κ3) is 3.49. The molecule has 92 valence electrons. The maximum atomic E-state index is 5.64. The molecule has 3 nitrogen and oxygen atoms in total. The van der Waals surface area contributed by atoms with E-state index in [1.807, 2.05) is 18.2 Å². The Morgan fingerprint density at radius 1 is 1.18 bits per heavy atom. The van der Waals surface area contributed by atoms with Crippen molar-refractivity contribution in [2.45, 2.75) is 19.3 Å². The molecule has 0 aromatic heterocycles. The second-order valence-corrected chi connectivity index (χ2v) is 4.09. The molecule has 0 aliphatic carbocycles. The van der Waals surface area contributed by atoms with Gasteiger partial charge in [0.25, 0.3) is 0 Å². The molecule has 0 amide bonds. The van der Waals surface area contributed by atoms with Gasteiger partial charge >= 0.3 is 0 Å². The normalized spacial score (nSPS) is 14.9. The number of rotatable bonds is 4. The fourth-order valence-electron chi connectivity index (χ4n) is 1.74. The van der Waals surface area contributed by atoms with E-state index in [0.29, 0.717) is 0 Å². The molecule has 0 saturated carbocycles. The maximum absolute atomic E-state index is 5.64. The van der Waals surface area contributed by atoms with Crippen LogP contribution >= 0.6 is 0 Å². The highest BCUT2D eigenvalue weighted by Crippen LogP contribution is 2.30. The van der Waals surface area contributed by atoms with Gasteiger partial charge in [-0.25, -0.2) is 0 Å². The molecule has 17 heavy (non-hydrogen) atoms. The molecule has 1 aliphatic heterocycles. The van der Waals surface area contributed by atoms with Gasteiger partial charge < -0.3 is 15.2 Å². The Hall–Kier alpha value is -1.48. The monoisotopic (exact) mass is 233 g/mol. The summed E-state index contributed by atoms with van der Waals surface area (Å²) in [6.07, 6.45) is 7.23. The van der Waals surface area contributed by atoms with Crippen molar-refractivity contribution in [3.05, 3.63) is 29.8 Å². The van der Waals surface area contributed by atoms with E-state index >= 15 is 0 Å². The van der Waals surface area contributed by atoms with Gasteiger partial charge in [-0.1, -0.05) is 18.2 Å². The van der Waals surface area contributed by atoms with Gasteiger partial charge in [-0.2, -0.15) is 0 Å². The summed E-state index contributed by atoms with van der Waals surface area (Å²) in [7, 11) is 0. The van der Waals surface area contributed by atoms with Crippen molar-refractivity contribution in [2.75, 3.05) is 19.8 Å². The van der Waals surface area contributed by atoms with E-state index in [-0.39, 0.29) is 0 Å². The zero-order valence-electron chi connectivity index (χ0n) is 10.0. The smallest absolute Gasteiger partial charge is 0.161 e. The van der Waals surface area contributed by atoms with Gasteiger partial charge in [-0.3, -0.25) is 0 Å². The lowest BCUT2D eigenvalue weighted by Gasteiger charge is -2.07. The van der Waals surface area contributed by atoms with Crippen molar-refractivity contribution >= 4 is 6.08 Å². The first kappa shape index (κ1) is 12.0. The Morgan fingerprint density at radius 3 is 2.82 bits per heavy atom. The number of unbranched alkanes of at least 4 members (excludes halogenated alkanes) is 1. The summed E-state index contributed by atoms with van der Waals surface area (Å²) in [4.78, 5) is 0. The molecule has 2 rings (SSSR count). The van der Waals surface area contributed by atoms with Gasteiger partial charge in [0, 0.05) is 6.42 Å². The molecule has 0 fully saturated rings. The third-order valence-electron chi connectivity index (χ3n) is 2.66. The van der Waals surface area contributed by atoms with Gasteiger partial charge in [-0.15, -0.1) is 0 Å². The first-order valence-corrected chi connectivity index (χ1v) is 6.16. The standard InChI is InChI=1S/C14H19NO2/c15-8-3-1-2-5-12-6-7-13-14(11-12)17-10-4-9-16-13/h2,5-7,11H,1,3-4,8-10,15H2/b5-2+. The largest absolute Gasteiger partial charge is 0.490 e. The number of nitrogens with two attached hydrogens (primary N) is 1. The molecule has 1 aromatic carbocycles. The van der Waals surface area contributed by atoms with Crippen LogP contribution in [0.15, 0.2) is 24.3 Å². The lowest BCUT2D eigenvalue weighted by atomic mass is 10.1. The average molecular weight is 233 g/mol. The van der Waals surface area contributed by atoms with Crippen molar-refractivity contribution in [1.82, 2.24) is 0 Å². The van der Waals surface area contributed by atoms with Crippen molar-refractivity contribution in [3.63, 3.8) is 0 Å². The quantitative estimate of drug-likeness (QED) is 0.813. The zero-order chi connectivity index (χ0) is 11.9. The highest BCUT2D eigenvalue weighted by atomic mass is 16.5. The lowest BCUT2D eigenvalue weighted by molar-refractivity contribution is 0.297. The summed E-state index contributed by atoms with van der Waals surface area (Å²) >= 11 is 0. The molecule has 0 saturated heterocycles. The van der Waals surface area contributed by atoms with E-state index < -0.39 is 0 Å². The molecule has 1 aromatic rings. The predicted octanol–water partition coefficient (Wildman–Crippen LogP) is 2.60. The van der Waals surface area contributed by atoms with Crippen molar-refractivity contribution < 1.29 is 9.47 Å². The van der Waals surface area contributed by atoms with Crippen molar-refractivity contribution in [3.8, 4) is 11.5 Å². The molecule has 0 radical (unpaired) electrons. The third-order valence-corrected chi connectivity index (χ3v) is 2.66. The highest BCUT2D eigenvalue weighted by molar-refractivity contribution is 5.56. The Balaban J connectivity index is 2.04. The summed E-state index contributed by atoms with van der Waals surface area (Å²) < 4.78 is 11.2. The summed E-state index contributed by atoms with van der Waals surface area (Å²) in [5, 5.41) is 0. The number of allylic oxidation sites excluding steroid dienone is 1. The summed E-state index contributed by atoms with van der Waals surface area (Å²) in [5.74, 6) is 1.70. The fraction of sp³-hybridized carbons (Fsp3) is 0.429. The molecule has 0 unspecified atom stereocenters. The second-order valence-electron chi connectivity index (χ2n) is 4.09. The number of benzene rings is 1. The molecule has 0 bridgehead atoms. The Labute approximate surface area is 102 Å². The number of fused-ring (bicyclic) bond motifs is 1. The van der Waals surface area contributed by atoms with E-state index in [9.17, 15) is 0 Å². The van der Waals surface area contributed by atoms with Crippen LogP contribution in [0.4, 0.5) is 0 Å². The van der Waals surface area contributed by atoms with E-state index in [1.165, 1.54) is 0 Å². The molecule has 0 atom stereocenters. The van der Waals surface area contributed by atoms with Crippen LogP contribution in [0.3, 0.4) is 0 Å². The first-order valence-electron chi connectivity index (χ1n) is 6.16. The maximum Gasteiger partial charge on any atom is 0.161 e. The number of hydrogen-bond acceptors (Lipinski definition) is 3. The molecule has 2 N–H and O–H groups in total. The molecular formula is C14H19NO2. The second kappa shape index (κ2) is 6.30. The van der Waals surface area contributed by atoms with Crippen LogP contribution in [-0.2, 0) is 0 Å². The van der Waals surface area contributed by atoms with Gasteiger partial charge in [0.15, 0.2) is 11.5 Å². The Bertz CT molecular complexity index is 388. The van der Waals surface area contributed by atoms with E-state index in [0.717, 1.165) is 56.1 Å². The fourth-order valence-corrected chi connectivity index (χ4v) is 1.74. The van der Waals surface area contributed by atoms with Crippen LogP contribution < -0.4 is 15.2 Å². The number of hydrogen-bond donors (Lipinski definition) is 1. The molecule has 1 heterocycles. The first-order chi connectivity index (χ1) is 8.40. The minimum atomic E-state index is 0.730. The van der Waals surface area contributed by atoms with Crippen LogP contribution in [0.2, 0.25) is 0 Å². The van der Waals surface area contributed by atoms with E-state index in [4.69, 9.17) is 15.2 Å². The molecule has 0 spiro atoms. The predicted molar refractivity (Wildman–Crippen MR) is 69.4 cm³/mol. The molecule has 1 aliphatic rings. The van der Waals surface area contributed by atoms with Crippen LogP contribution in [0, 0.1) is 0 Å². The minimum Gasteiger partial charge on any atom is -0.490 e. The molecule has 3 heteroatoms. The van der Waals surface area contributed by atoms with Crippen LogP contribution in [-0.4, -0.2) is 19.8 Å². The summed E-state index contributed by atoms with van der Waals surface area (Å²) in [6, 6.07) is 6.05. The van der Waals surface area contributed by atoms with Gasteiger partial charge in [0.05, 0.1) is 13.2 Å². The van der Waals surface area contributed by atoms with E-state index in [2.05, 4.69) is 12.2 Å². The molecular weight excluding hydrogens is 214 g/mol. The van der Waals surface area contributed by atoms with Crippen molar-refractivity contribution in [1.29, 1.82) is 0 Å². The van der Waals surface area contributed by atoms with Gasteiger partial charge in [-0.05, 0) is 37.1 Å². The van der Waals surface area contributed by atoms with Gasteiger partial charge in [0.1, 0.15) is 0 Å². The topological polar surface area (TPSA) is 44.5 Å². The van der Waals surface area contributed by atoms with Crippen LogP contribution in [0.1, 0.15) is 24.8 Å². The Morgan fingerprint density at radius 2 is 2.00 bits per heavy atom. The van der Waals surface area contributed by atoms with Crippen LogP contribution in [0.5, 0.6) is 11.5 Å². The summed E-state index contributed by atoms with van der Waals surface area (Å²) in [6.45, 7) is 2.21. The average Bonchev–Trinajstić information content (AvgIpc) is 2.59. The highest BCUT2D eigenvalue weighted by Gasteiger charge is 2.09. The van der Waals surface area contributed by atoms with Gasteiger partial charge in [0.2, 0.25) is 0 Å². The van der Waals surface area contributed by atoms with E-state index in [1.54, 1.807) is 0 Å². The Kier molecular flexibility index (Phi) is 4.45. The lowest BCUT2D eigenvalue weighted by Crippen LogP contribution is -1.97. The van der Waals surface area contributed by atoms with Crippen molar-refractivity contribution in [2.24, 2.45) is 5.73 Å². The summed E-state index contributed by atoms with van der Waals surface area (Å²) in [5.41, 5.74) is 6.59. The minimum absolute atomic E-state index is 0.730. The van der Waals surface area contributed by atoms with Crippen LogP contribution in [0.25, 0.3) is 6.08 Å². The SMILES string of the molecule is NCCC/C=C/c1ccc2c(c1)OCCCO2. The number of ether oxygens (including phenoxy) is 2.